The third kappa shape index (κ3) is 2.75. The lowest BCUT2D eigenvalue weighted by atomic mass is 9.90. The van der Waals surface area contributed by atoms with Crippen molar-refractivity contribution in [1.82, 2.24) is 15.1 Å². The van der Waals surface area contributed by atoms with Gasteiger partial charge in [-0.1, -0.05) is 5.16 Å². The van der Waals surface area contributed by atoms with Crippen LogP contribution in [0.2, 0.25) is 0 Å². The van der Waals surface area contributed by atoms with Gasteiger partial charge < -0.3 is 19.5 Å². The quantitative estimate of drug-likeness (QED) is 0.724. The first-order valence-electron chi connectivity index (χ1n) is 7.97. The minimum Gasteiger partial charge on any atom is -0.481 e. The van der Waals surface area contributed by atoms with E-state index in [1.54, 1.807) is 42.7 Å². The highest BCUT2D eigenvalue weighted by atomic mass is 16.5. The molecule has 1 aliphatic rings. The molecule has 8 nitrogen and oxygen atoms in total. The maximum absolute atomic E-state index is 12.5. The summed E-state index contributed by atoms with van der Waals surface area (Å²) in [6.45, 7) is -0.898. The number of aliphatic hydroxyl groups excluding tert-OH is 2. The van der Waals surface area contributed by atoms with Gasteiger partial charge >= 0.3 is 0 Å². The number of rotatable bonds is 4. The van der Waals surface area contributed by atoms with Crippen molar-refractivity contribution in [2.45, 2.75) is 12.0 Å². The maximum atomic E-state index is 12.5. The Bertz CT molecular complexity index is 950. The third-order valence-corrected chi connectivity index (χ3v) is 4.28. The molecule has 0 saturated carbocycles. The van der Waals surface area contributed by atoms with Crippen LogP contribution < -0.4 is 4.74 Å². The Morgan fingerprint density at radius 2 is 1.85 bits per heavy atom. The molecule has 3 aromatic rings. The third-order valence-electron chi connectivity index (χ3n) is 4.28. The number of carbonyl (C=O) groups is 1. The molecule has 0 fully saturated rings. The van der Waals surface area contributed by atoms with Crippen LogP contribution >= 0.6 is 0 Å². The van der Waals surface area contributed by atoms with Crippen molar-refractivity contribution >= 4 is 5.78 Å². The highest BCUT2D eigenvalue weighted by molar-refractivity contribution is 6.01. The zero-order valence-electron chi connectivity index (χ0n) is 13.6. The summed E-state index contributed by atoms with van der Waals surface area (Å²) in [4.78, 5) is 20.7. The molecule has 0 saturated heterocycles. The van der Waals surface area contributed by atoms with Gasteiger partial charge in [-0.2, -0.15) is 4.98 Å². The number of ether oxygens (including phenoxy) is 1. The Labute approximate surface area is 148 Å². The molecular formula is C18H15N3O5. The van der Waals surface area contributed by atoms with Gasteiger partial charge in [0.2, 0.25) is 5.82 Å². The number of benzene rings is 1. The van der Waals surface area contributed by atoms with E-state index in [0.29, 0.717) is 22.7 Å². The summed E-state index contributed by atoms with van der Waals surface area (Å²) in [5.41, 5.74) is 0.408. The lowest BCUT2D eigenvalue weighted by Crippen LogP contribution is -2.48. The smallest absolute Gasteiger partial charge is 0.258 e. The maximum Gasteiger partial charge on any atom is 0.258 e. The zero-order chi connectivity index (χ0) is 18.1. The molecule has 26 heavy (non-hydrogen) atoms. The Morgan fingerprint density at radius 1 is 1.08 bits per heavy atom. The van der Waals surface area contributed by atoms with E-state index in [9.17, 15) is 15.0 Å². The van der Waals surface area contributed by atoms with E-state index in [-0.39, 0.29) is 18.1 Å². The fraction of sp³-hybridized carbons (Fsp3) is 0.222. The second-order valence-electron chi connectivity index (χ2n) is 6.07. The number of hydrogen-bond acceptors (Lipinski definition) is 8. The van der Waals surface area contributed by atoms with Crippen LogP contribution in [0.15, 0.2) is 47.2 Å². The topological polar surface area (TPSA) is 119 Å². The average molecular weight is 353 g/mol. The number of nitrogens with zero attached hydrogens (tertiary/aromatic N) is 3. The van der Waals surface area contributed by atoms with E-state index in [0.717, 1.165) is 5.56 Å². The Balaban J connectivity index is 1.68. The van der Waals surface area contributed by atoms with Crippen LogP contribution in [0.4, 0.5) is 0 Å². The Morgan fingerprint density at radius 3 is 2.58 bits per heavy atom. The number of pyridine rings is 1. The number of carbonyl (C=O) groups excluding carboxylic acids is 1. The summed E-state index contributed by atoms with van der Waals surface area (Å²) in [6, 6.07) is 8.42. The molecule has 3 heterocycles. The van der Waals surface area contributed by atoms with Crippen LogP contribution in [0.5, 0.6) is 5.75 Å². The van der Waals surface area contributed by atoms with Gasteiger partial charge in [-0.15, -0.1) is 0 Å². The molecule has 2 N–H and O–H groups in total. The zero-order valence-corrected chi connectivity index (χ0v) is 13.6. The van der Waals surface area contributed by atoms with E-state index in [1.165, 1.54) is 0 Å². The Kier molecular flexibility index (Phi) is 3.98. The summed E-state index contributed by atoms with van der Waals surface area (Å²) >= 11 is 0. The van der Waals surface area contributed by atoms with Crippen molar-refractivity contribution in [3.8, 4) is 28.6 Å². The average Bonchev–Trinajstić information content (AvgIpc) is 3.18. The van der Waals surface area contributed by atoms with Crippen LogP contribution in [0.25, 0.3) is 22.8 Å². The van der Waals surface area contributed by atoms with Gasteiger partial charge in [-0.3, -0.25) is 9.78 Å². The van der Waals surface area contributed by atoms with Crippen LogP contribution in [-0.4, -0.2) is 49.9 Å². The van der Waals surface area contributed by atoms with Crippen LogP contribution in [0.1, 0.15) is 16.8 Å². The molecule has 0 spiro atoms. The summed E-state index contributed by atoms with van der Waals surface area (Å²) in [5.74, 6) is 0.767. The molecule has 132 valence electrons. The van der Waals surface area contributed by atoms with Crippen LogP contribution in [0.3, 0.4) is 0 Å². The number of hydrogen-bond donors (Lipinski definition) is 2. The fourth-order valence-corrected chi connectivity index (χ4v) is 2.81. The predicted molar refractivity (Wildman–Crippen MR) is 89.4 cm³/mol. The van der Waals surface area contributed by atoms with E-state index in [1.807, 2.05) is 0 Å². The summed E-state index contributed by atoms with van der Waals surface area (Å²) in [6.07, 6.45) is 3.16. The molecular weight excluding hydrogens is 338 g/mol. The van der Waals surface area contributed by atoms with Gasteiger partial charge in [-0.25, -0.2) is 0 Å². The minimum absolute atomic E-state index is 0.109. The van der Waals surface area contributed by atoms with E-state index < -0.39 is 18.8 Å². The monoisotopic (exact) mass is 353 g/mol. The summed E-state index contributed by atoms with van der Waals surface area (Å²) in [7, 11) is 0. The van der Waals surface area contributed by atoms with Crippen molar-refractivity contribution in [3.05, 3.63) is 48.3 Å². The number of fused-ring (bicyclic) bond motifs is 1. The first kappa shape index (κ1) is 16.4. The molecule has 0 aliphatic carbocycles. The van der Waals surface area contributed by atoms with Gasteiger partial charge in [-0.05, 0) is 30.3 Å². The van der Waals surface area contributed by atoms with Crippen molar-refractivity contribution < 1.29 is 24.3 Å². The molecule has 8 heteroatoms. The van der Waals surface area contributed by atoms with E-state index in [4.69, 9.17) is 9.26 Å². The highest BCUT2D eigenvalue weighted by Gasteiger charge is 2.40. The molecule has 0 bridgehead atoms. The molecule has 0 amide bonds. The van der Waals surface area contributed by atoms with E-state index >= 15 is 0 Å². The Hall–Kier alpha value is -3.10. The number of aliphatic hydroxyl groups is 2. The van der Waals surface area contributed by atoms with Crippen molar-refractivity contribution in [2.75, 3.05) is 13.2 Å². The fourth-order valence-electron chi connectivity index (χ4n) is 2.81. The SMILES string of the molecule is O=C1CC(CO)(CO)Oc2ccc(-c3nc(-c4ccncc4)no3)cc21. The molecule has 2 aromatic heterocycles. The van der Waals surface area contributed by atoms with Gasteiger partial charge in [0.1, 0.15) is 5.75 Å². The number of aromatic nitrogens is 3. The second-order valence-corrected chi connectivity index (χ2v) is 6.07. The first-order chi connectivity index (χ1) is 12.6. The molecule has 0 atom stereocenters. The minimum atomic E-state index is -1.29. The van der Waals surface area contributed by atoms with Crippen molar-refractivity contribution in [3.63, 3.8) is 0 Å². The normalized spacial score (nSPS) is 15.4. The number of ketones is 1. The van der Waals surface area contributed by atoms with Crippen molar-refractivity contribution in [1.29, 1.82) is 0 Å². The van der Waals surface area contributed by atoms with Gasteiger partial charge in [0, 0.05) is 23.5 Å². The second kappa shape index (κ2) is 6.32. The van der Waals surface area contributed by atoms with Gasteiger partial charge in [0.15, 0.2) is 11.4 Å². The standard InChI is InChI=1S/C18H15N3O5/c22-9-18(10-23)8-14(24)13-7-12(1-2-15(13)25-18)17-20-16(21-26-17)11-3-5-19-6-4-11/h1-7,22-23H,8-10H2. The van der Waals surface area contributed by atoms with Gasteiger partial charge in [0.25, 0.3) is 5.89 Å². The van der Waals surface area contributed by atoms with E-state index in [2.05, 4.69) is 15.1 Å². The lowest BCUT2D eigenvalue weighted by Gasteiger charge is -2.34. The molecule has 1 aliphatic heterocycles. The summed E-state index contributed by atoms with van der Waals surface area (Å²) < 4.78 is 11.0. The predicted octanol–water partition coefficient (Wildman–Crippen LogP) is 1.49. The van der Waals surface area contributed by atoms with Crippen LogP contribution in [0, 0.1) is 0 Å². The molecule has 0 radical (unpaired) electrons. The van der Waals surface area contributed by atoms with Crippen LogP contribution in [-0.2, 0) is 0 Å². The molecule has 1 aromatic carbocycles. The number of Topliss-reactive ketones (excluding diaryl/α,β-unsaturated/α-hetero) is 1. The lowest BCUT2D eigenvalue weighted by molar-refractivity contribution is -0.0403. The summed E-state index contributed by atoms with van der Waals surface area (Å²) in [5, 5.41) is 22.9. The van der Waals surface area contributed by atoms with Crippen molar-refractivity contribution in [2.24, 2.45) is 0 Å². The highest BCUT2D eigenvalue weighted by Crippen LogP contribution is 2.35. The first-order valence-corrected chi connectivity index (χ1v) is 7.97. The molecule has 0 unspecified atom stereocenters. The largest absolute Gasteiger partial charge is 0.481 e. The molecule has 4 rings (SSSR count). The van der Waals surface area contributed by atoms with Gasteiger partial charge in [0.05, 0.1) is 25.2 Å².